The van der Waals surface area contributed by atoms with Crippen LogP contribution >= 0.6 is 11.6 Å². The van der Waals surface area contributed by atoms with E-state index in [1.807, 2.05) is 24.3 Å². The van der Waals surface area contributed by atoms with Gasteiger partial charge in [0.1, 0.15) is 28.2 Å². The zero-order valence-corrected chi connectivity index (χ0v) is 17.2. The summed E-state index contributed by atoms with van der Waals surface area (Å²) in [5.74, 6) is -3.93. The summed E-state index contributed by atoms with van der Waals surface area (Å²) >= 11 is 5.31. The number of halogens is 6. The molecule has 0 unspecified atom stereocenters. The summed E-state index contributed by atoms with van der Waals surface area (Å²) in [4.78, 5) is 0. The Labute approximate surface area is 181 Å². The van der Waals surface area contributed by atoms with Crippen molar-refractivity contribution in [3.8, 4) is 16.9 Å². The number of benzene rings is 3. The lowest BCUT2D eigenvalue weighted by atomic mass is 10.0. The highest BCUT2D eigenvalue weighted by atomic mass is 35.5. The summed E-state index contributed by atoms with van der Waals surface area (Å²) in [5.41, 5.74) is 2.49. The van der Waals surface area contributed by atoms with Crippen molar-refractivity contribution in [2.24, 2.45) is 0 Å². The van der Waals surface area contributed by atoms with Crippen LogP contribution in [0.25, 0.3) is 17.2 Å². The van der Waals surface area contributed by atoms with E-state index in [0.29, 0.717) is 23.8 Å². The third-order valence-corrected chi connectivity index (χ3v) is 4.86. The third-order valence-electron chi connectivity index (χ3n) is 4.49. The predicted molar refractivity (Wildman–Crippen MR) is 112 cm³/mol. The molecule has 0 aliphatic heterocycles. The highest BCUT2D eigenvalue weighted by Gasteiger charge is 2.28. The lowest BCUT2D eigenvalue weighted by Crippen LogP contribution is -2.21. The second-order valence-electron chi connectivity index (χ2n) is 6.88. The quantitative estimate of drug-likeness (QED) is 0.260. The van der Waals surface area contributed by atoms with Crippen molar-refractivity contribution < 1.29 is 26.7 Å². The predicted octanol–water partition coefficient (Wildman–Crippen LogP) is 8.06. The first-order chi connectivity index (χ1) is 14.7. The van der Waals surface area contributed by atoms with Crippen molar-refractivity contribution in [1.29, 1.82) is 0 Å². The van der Waals surface area contributed by atoms with Gasteiger partial charge in [-0.15, -0.1) is 0 Å². The van der Waals surface area contributed by atoms with Gasteiger partial charge in [-0.25, -0.2) is 13.2 Å². The van der Waals surface area contributed by atoms with E-state index in [1.165, 1.54) is 17.7 Å². The molecule has 0 radical (unpaired) electrons. The standard InChI is InChI=1S/C24H18ClF5O/c1-2-3-15-4-6-16(7-5-15)18-9-8-17(20(26)12-18)10-11-24(29,30)31-19-13-21(27)23(25)22(28)14-19/h4-14H,2-3H2,1H3/b11-10+. The van der Waals surface area contributed by atoms with Gasteiger partial charge in [-0.3, -0.25) is 0 Å². The highest BCUT2D eigenvalue weighted by Crippen LogP contribution is 2.30. The van der Waals surface area contributed by atoms with E-state index in [1.54, 1.807) is 6.07 Å². The largest absolute Gasteiger partial charge is 0.429 e. The Kier molecular flexibility index (Phi) is 7.01. The van der Waals surface area contributed by atoms with Gasteiger partial charge in [0.25, 0.3) is 0 Å². The number of rotatable bonds is 7. The smallest absolute Gasteiger partial charge is 0.419 e. The Morgan fingerprint density at radius 1 is 0.871 bits per heavy atom. The molecule has 0 bridgehead atoms. The van der Waals surface area contributed by atoms with E-state index < -0.39 is 34.3 Å². The van der Waals surface area contributed by atoms with E-state index in [-0.39, 0.29) is 5.56 Å². The fraction of sp³-hybridized carbons (Fsp3) is 0.167. The molecule has 0 heterocycles. The Balaban J connectivity index is 1.75. The topological polar surface area (TPSA) is 9.23 Å². The van der Waals surface area contributed by atoms with Crippen LogP contribution in [0.3, 0.4) is 0 Å². The summed E-state index contributed by atoms with van der Waals surface area (Å²) in [5, 5.41) is -0.826. The van der Waals surface area contributed by atoms with E-state index >= 15 is 0 Å². The summed E-state index contributed by atoms with van der Waals surface area (Å²) in [6.45, 7) is 2.08. The van der Waals surface area contributed by atoms with Crippen LogP contribution in [0.2, 0.25) is 5.02 Å². The summed E-state index contributed by atoms with van der Waals surface area (Å²) in [6, 6.07) is 13.0. The van der Waals surface area contributed by atoms with Crippen molar-refractivity contribution in [2.45, 2.75) is 25.9 Å². The minimum atomic E-state index is -3.94. The Hall–Kier alpha value is -2.86. The third kappa shape index (κ3) is 5.85. The molecule has 0 aromatic heterocycles. The fourth-order valence-corrected chi connectivity index (χ4v) is 3.07. The molecule has 0 aliphatic rings. The normalized spacial score (nSPS) is 11.8. The molecule has 3 rings (SSSR count). The maximum absolute atomic E-state index is 14.4. The number of hydrogen-bond acceptors (Lipinski definition) is 1. The second kappa shape index (κ2) is 9.52. The molecule has 3 aromatic rings. The van der Waals surface area contributed by atoms with Gasteiger partial charge in [0, 0.05) is 23.8 Å². The minimum Gasteiger partial charge on any atom is -0.429 e. The van der Waals surface area contributed by atoms with Crippen molar-refractivity contribution in [1.82, 2.24) is 0 Å². The molecule has 0 atom stereocenters. The number of hydrogen-bond donors (Lipinski definition) is 0. The van der Waals surface area contributed by atoms with Gasteiger partial charge in [-0.1, -0.05) is 61.3 Å². The fourth-order valence-electron chi connectivity index (χ4n) is 2.96. The summed E-state index contributed by atoms with van der Waals surface area (Å²) < 4.78 is 73.6. The maximum Gasteiger partial charge on any atom is 0.419 e. The molecule has 162 valence electrons. The van der Waals surface area contributed by atoms with Crippen LogP contribution in [0, 0.1) is 17.5 Å². The molecule has 0 fully saturated rings. The molecule has 0 saturated heterocycles. The van der Waals surface area contributed by atoms with Crippen molar-refractivity contribution in [2.75, 3.05) is 0 Å². The van der Waals surface area contributed by atoms with E-state index in [9.17, 15) is 22.0 Å². The number of aryl methyl sites for hydroxylation is 1. The SMILES string of the molecule is CCCc1ccc(-c2ccc(/C=C/C(F)(F)Oc3cc(F)c(Cl)c(F)c3)c(F)c2)cc1. The molecule has 0 aliphatic carbocycles. The number of alkyl halides is 2. The molecule has 1 nitrogen and oxygen atoms in total. The lowest BCUT2D eigenvalue weighted by Gasteiger charge is -2.15. The summed E-state index contributed by atoms with van der Waals surface area (Å²) in [6.07, 6.45) is -0.830. The zero-order valence-electron chi connectivity index (χ0n) is 16.4. The van der Waals surface area contributed by atoms with Gasteiger partial charge in [0.05, 0.1) is 0 Å². The molecule has 0 N–H and O–H groups in total. The zero-order chi connectivity index (χ0) is 22.6. The van der Waals surface area contributed by atoms with Crippen LogP contribution in [0.15, 0.2) is 60.7 Å². The Morgan fingerprint density at radius 3 is 2.06 bits per heavy atom. The van der Waals surface area contributed by atoms with Crippen LogP contribution in [-0.4, -0.2) is 6.11 Å². The molecule has 3 aromatic carbocycles. The summed E-state index contributed by atoms with van der Waals surface area (Å²) in [7, 11) is 0. The molecule has 0 saturated carbocycles. The van der Waals surface area contributed by atoms with E-state index in [4.69, 9.17) is 11.6 Å². The maximum atomic E-state index is 14.4. The minimum absolute atomic E-state index is 0.0944. The monoisotopic (exact) mass is 452 g/mol. The van der Waals surface area contributed by atoms with Crippen LogP contribution < -0.4 is 4.74 Å². The molecular formula is C24H18ClF5O. The lowest BCUT2D eigenvalue weighted by molar-refractivity contribution is -0.131. The van der Waals surface area contributed by atoms with Crippen LogP contribution in [0.1, 0.15) is 24.5 Å². The second-order valence-corrected chi connectivity index (χ2v) is 7.26. The molecule has 7 heteroatoms. The van der Waals surface area contributed by atoms with Crippen LogP contribution in [0.4, 0.5) is 22.0 Å². The Bertz CT molecular complexity index is 1070. The first-order valence-corrected chi connectivity index (χ1v) is 9.86. The average Bonchev–Trinajstić information content (AvgIpc) is 2.71. The molecule has 31 heavy (non-hydrogen) atoms. The van der Waals surface area contributed by atoms with Gasteiger partial charge >= 0.3 is 6.11 Å². The van der Waals surface area contributed by atoms with Gasteiger partial charge in [-0.2, -0.15) is 8.78 Å². The van der Waals surface area contributed by atoms with Crippen molar-refractivity contribution >= 4 is 17.7 Å². The van der Waals surface area contributed by atoms with Crippen molar-refractivity contribution in [3.63, 3.8) is 0 Å². The molecular weight excluding hydrogens is 435 g/mol. The van der Waals surface area contributed by atoms with Gasteiger partial charge in [0.15, 0.2) is 0 Å². The van der Waals surface area contributed by atoms with Gasteiger partial charge < -0.3 is 4.74 Å². The Morgan fingerprint density at radius 2 is 1.48 bits per heavy atom. The van der Waals surface area contributed by atoms with Gasteiger partial charge in [0.2, 0.25) is 0 Å². The first kappa shape index (κ1) is 22.8. The highest BCUT2D eigenvalue weighted by molar-refractivity contribution is 6.30. The van der Waals surface area contributed by atoms with Gasteiger partial charge in [-0.05, 0) is 35.3 Å². The van der Waals surface area contributed by atoms with E-state index in [2.05, 4.69) is 11.7 Å². The first-order valence-electron chi connectivity index (χ1n) is 9.48. The molecule has 0 spiro atoms. The van der Waals surface area contributed by atoms with Crippen LogP contribution in [0.5, 0.6) is 5.75 Å². The van der Waals surface area contributed by atoms with Crippen LogP contribution in [-0.2, 0) is 6.42 Å². The number of ether oxygens (including phenoxy) is 1. The van der Waals surface area contributed by atoms with E-state index in [0.717, 1.165) is 24.5 Å². The average molecular weight is 453 g/mol. The molecule has 0 amide bonds. The van der Waals surface area contributed by atoms with Crippen molar-refractivity contribution in [3.05, 3.63) is 94.3 Å².